The molecular weight excluding hydrogens is 294 g/mol. The molecule has 3 aliphatic heterocycles. The summed E-state index contributed by atoms with van der Waals surface area (Å²) in [5, 5.41) is 0. The van der Waals surface area contributed by atoms with Crippen LogP contribution in [0.3, 0.4) is 0 Å². The fourth-order valence-electron chi connectivity index (χ4n) is 4.96. The Morgan fingerprint density at radius 2 is 1.38 bits per heavy atom. The van der Waals surface area contributed by atoms with Crippen molar-refractivity contribution in [1.82, 2.24) is 9.80 Å². The zero-order chi connectivity index (χ0) is 16.4. The first-order valence-corrected chi connectivity index (χ1v) is 10.1. The molecule has 4 rings (SSSR count). The number of hydrogen-bond acceptors (Lipinski definition) is 3. The summed E-state index contributed by atoms with van der Waals surface area (Å²) in [6, 6.07) is 10.7. The monoisotopic (exact) mass is 327 g/mol. The lowest BCUT2D eigenvalue weighted by Gasteiger charge is -2.44. The maximum atomic E-state index is 2.83. The average molecular weight is 328 g/mol. The molecule has 0 bridgehead atoms. The molecule has 3 heterocycles. The zero-order valence-electron chi connectivity index (χ0n) is 15.3. The molecule has 0 radical (unpaired) electrons. The summed E-state index contributed by atoms with van der Waals surface area (Å²) in [7, 11) is 0. The van der Waals surface area contributed by atoms with Crippen molar-refractivity contribution in [2.75, 3.05) is 44.2 Å². The Labute approximate surface area is 147 Å². The van der Waals surface area contributed by atoms with E-state index in [1.54, 1.807) is 0 Å². The van der Waals surface area contributed by atoms with Crippen molar-refractivity contribution >= 4 is 5.69 Å². The SMILES string of the molecule is Cc1ccc(N2CCC(N3CCCC(N4CCCC4)C3)CC2)cc1. The molecule has 0 aromatic heterocycles. The van der Waals surface area contributed by atoms with Crippen LogP contribution in [0.4, 0.5) is 5.69 Å². The number of nitrogens with zero attached hydrogens (tertiary/aromatic N) is 3. The summed E-state index contributed by atoms with van der Waals surface area (Å²) in [5.74, 6) is 0. The Kier molecular flexibility index (Phi) is 5.09. The minimum atomic E-state index is 0.817. The third-order valence-electron chi connectivity index (χ3n) is 6.46. The van der Waals surface area contributed by atoms with Gasteiger partial charge in [-0.15, -0.1) is 0 Å². The largest absolute Gasteiger partial charge is 0.371 e. The minimum absolute atomic E-state index is 0.817. The van der Waals surface area contributed by atoms with Crippen LogP contribution in [-0.2, 0) is 0 Å². The van der Waals surface area contributed by atoms with Crippen molar-refractivity contribution in [3.63, 3.8) is 0 Å². The molecule has 3 nitrogen and oxygen atoms in total. The van der Waals surface area contributed by atoms with Gasteiger partial charge in [0.2, 0.25) is 0 Å². The van der Waals surface area contributed by atoms with Crippen LogP contribution in [0.15, 0.2) is 24.3 Å². The highest BCUT2D eigenvalue weighted by molar-refractivity contribution is 5.47. The van der Waals surface area contributed by atoms with E-state index in [4.69, 9.17) is 0 Å². The van der Waals surface area contributed by atoms with Crippen LogP contribution in [0.25, 0.3) is 0 Å². The first-order chi connectivity index (χ1) is 11.8. The topological polar surface area (TPSA) is 9.72 Å². The van der Waals surface area contributed by atoms with Crippen molar-refractivity contribution in [3.05, 3.63) is 29.8 Å². The lowest BCUT2D eigenvalue weighted by Crippen LogP contribution is -2.53. The standard InChI is InChI=1S/C21H33N3/c1-18-6-8-19(9-7-18)23-15-10-20(11-16-23)24-14-4-5-21(17-24)22-12-2-3-13-22/h6-9,20-21H,2-5,10-17H2,1H3. The van der Waals surface area contributed by atoms with Gasteiger partial charge in [-0.2, -0.15) is 0 Å². The molecule has 3 aliphatic rings. The van der Waals surface area contributed by atoms with E-state index in [2.05, 4.69) is 45.9 Å². The van der Waals surface area contributed by atoms with E-state index in [1.165, 1.54) is 89.0 Å². The number of hydrogen-bond donors (Lipinski definition) is 0. The summed E-state index contributed by atoms with van der Waals surface area (Å²) in [6.45, 7) is 9.98. The van der Waals surface area contributed by atoms with E-state index < -0.39 is 0 Å². The van der Waals surface area contributed by atoms with Crippen LogP contribution < -0.4 is 4.90 Å². The molecule has 0 aliphatic carbocycles. The molecular formula is C21H33N3. The van der Waals surface area contributed by atoms with E-state index in [1.807, 2.05) is 0 Å². The van der Waals surface area contributed by atoms with Crippen LogP contribution in [0.2, 0.25) is 0 Å². The molecule has 1 aromatic rings. The summed E-state index contributed by atoms with van der Waals surface area (Å²) >= 11 is 0. The molecule has 1 aromatic carbocycles. The molecule has 3 saturated heterocycles. The maximum absolute atomic E-state index is 2.83. The van der Waals surface area contributed by atoms with Gasteiger partial charge in [0.1, 0.15) is 0 Å². The van der Waals surface area contributed by atoms with Crippen molar-refractivity contribution in [2.45, 2.75) is 57.5 Å². The number of rotatable bonds is 3. The van der Waals surface area contributed by atoms with E-state index in [-0.39, 0.29) is 0 Å². The normalized spacial score (nSPS) is 27.7. The highest BCUT2D eigenvalue weighted by Gasteiger charge is 2.32. The minimum Gasteiger partial charge on any atom is -0.371 e. The van der Waals surface area contributed by atoms with Crippen molar-refractivity contribution in [2.24, 2.45) is 0 Å². The van der Waals surface area contributed by atoms with Gasteiger partial charge in [-0.3, -0.25) is 9.80 Å². The van der Waals surface area contributed by atoms with Gasteiger partial charge in [0.05, 0.1) is 0 Å². The summed E-state index contributed by atoms with van der Waals surface area (Å²) < 4.78 is 0. The van der Waals surface area contributed by atoms with Crippen LogP contribution in [0.1, 0.15) is 44.1 Å². The second-order valence-corrected chi connectivity index (χ2v) is 8.09. The van der Waals surface area contributed by atoms with Gasteiger partial charge in [-0.1, -0.05) is 17.7 Å². The van der Waals surface area contributed by atoms with Crippen LogP contribution in [0.5, 0.6) is 0 Å². The van der Waals surface area contributed by atoms with Gasteiger partial charge >= 0.3 is 0 Å². The third-order valence-corrected chi connectivity index (χ3v) is 6.46. The van der Waals surface area contributed by atoms with E-state index in [9.17, 15) is 0 Å². The Morgan fingerprint density at radius 3 is 2.08 bits per heavy atom. The summed E-state index contributed by atoms with van der Waals surface area (Å²) in [4.78, 5) is 8.18. The summed E-state index contributed by atoms with van der Waals surface area (Å²) in [6.07, 6.45) is 8.34. The predicted octanol–water partition coefficient (Wildman–Crippen LogP) is 3.52. The Morgan fingerprint density at radius 1 is 0.708 bits per heavy atom. The molecule has 0 spiro atoms. The highest BCUT2D eigenvalue weighted by atomic mass is 15.3. The molecule has 0 saturated carbocycles. The Bertz CT molecular complexity index is 512. The lowest BCUT2D eigenvalue weighted by atomic mass is 9.97. The Hall–Kier alpha value is -1.06. The number of likely N-dealkylation sites (tertiary alicyclic amines) is 2. The molecule has 1 atom stereocenters. The van der Waals surface area contributed by atoms with Gasteiger partial charge in [0.15, 0.2) is 0 Å². The maximum Gasteiger partial charge on any atom is 0.0366 e. The zero-order valence-corrected chi connectivity index (χ0v) is 15.3. The van der Waals surface area contributed by atoms with Gasteiger partial charge in [0, 0.05) is 37.4 Å². The average Bonchev–Trinajstić information content (AvgIpc) is 3.17. The molecule has 0 N–H and O–H groups in total. The molecule has 0 amide bonds. The lowest BCUT2D eigenvalue weighted by molar-refractivity contribution is 0.0736. The first kappa shape index (κ1) is 16.4. The third kappa shape index (κ3) is 3.62. The molecule has 3 fully saturated rings. The van der Waals surface area contributed by atoms with E-state index in [0.29, 0.717) is 0 Å². The van der Waals surface area contributed by atoms with Gasteiger partial charge in [-0.05, 0) is 77.2 Å². The molecule has 1 unspecified atom stereocenters. The second-order valence-electron chi connectivity index (χ2n) is 8.09. The van der Waals surface area contributed by atoms with E-state index >= 15 is 0 Å². The van der Waals surface area contributed by atoms with Gasteiger partial charge in [-0.25, -0.2) is 0 Å². The van der Waals surface area contributed by atoms with Crippen molar-refractivity contribution in [1.29, 1.82) is 0 Å². The van der Waals surface area contributed by atoms with Gasteiger partial charge in [0.25, 0.3) is 0 Å². The first-order valence-electron chi connectivity index (χ1n) is 10.1. The van der Waals surface area contributed by atoms with Crippen LogP contribution >= 0.6 is 0 Å². The fraction of sp³-hybridized carbons (Fsp3) is 0.714. The second kappa shape index (κ2) is 7.45. The number of anilines is 1. The van der Waals surface area contributed by atoms with Crippen molar-refractivity contribution in [3.8, 4) is 0 Å². The fourth-order valence-corrected chi connectivity index (χ4v) is 4.96. The smallest absolute Gasteiger partial charge is 0.0366 e. The number of aryl methyl sites for hydroxylation is 1. The molecule has 24 heavy (non-hydrogen) atoms. The van der Waals surface area contributed by atoms with Crippen LogP contribution in [-0.4, -0.2) is 61.2 Å². The highest BCUT2D eigenvalue weighted by Crippen LogP contribution is 2.27. The van der Waals surface area contributed by atoms with E-state index in [0.717, 1.165) is 12.1 Å². The number of piperidine rings is 2. The predicted molar refractivity (Wildman–Crippen MR) is 102 cm³/mol. The van der Waals surface area contributed by atoms with Crippen LogP contribution in [0, 0.1) is 6.92 Å². The van der Waals surface area contributed by atoms with Crippen molar-refractivity contribution < 1.29 is 0 Å². The molecule has 3 heteroatoms. The van der Waals surface area contributed by atoms with Gasteiger partial charge < -0.3 is 4.90 Å². The summed E-state index contributed by atoms with van der Waals surface area (Å²) in [5.41, 5.74) is 2.77. The Balaban J connectivity index is 1.31. The quantitative estimate of drug-likeness (QED) is 0.841. The number of benzene rings is 1. The molecule has 132 valence electrons.